The quantitative estimate of drug-likeness (QED) is 0.626. The summed E-state index contributed by atoms with van der Waals surface area (Å²) < 4.78 is 10.9. The van der Waals surface area contributed by atoms with E-state index in [1.165, 1.54) is 0 Å². The lowest BCUT2D eigenvalue weighted by atomic mass is 10.1. The minimum Gasteiger partial charge on any atom is -0.340 e. The minimum absolute atomic E-state index is 0.0653. The van der Waals surface area contributed by atoms with Crippen LogP contribution in [0.15, 0.2) is 12.7 Å². The molecule has 2 atom stereocenters. The van der Waals surface area contributed by atoms with Gasteiger partial charge in [0, 0.05) is 6.42 Å². The molecule has 0 aromatic rings. The summed E-state index contributed by atoms with van der Waals surface area (Å²) in [5.74, 6) is -0.607. The molecule has 1 aliphatic rings. The lowest BCUT2D eigenvalue weighted by molar-refractivity contribution is -0.153. The zero-order valence-electron chi connectivity index (χ0n) is 8.37. The predicted octanol–water partition coefficient (Wildman–Crippen LogP) is 1.67. The third kappa shape index (κ3) is 2.17. The Kier molecular flexibility index (Phi) is 2.88. The molecule has 74 valence electrons. The van der Waals surface area contributed by atoms with Crippen molar-refractivity contribution in [3.63, 3.8) is 0 Å². The van der Waals surface area contributed by atoms with Gasteiger partial charge < -0.3 is 9.47 Å². The van der Waals surface area contributed by atoms with Crippen LogP contribution in [-0.2, 0) is 14.3 Å². The van der Waals surface area contributed by atoms with E-state index in [-0.39, 0.29) is 11.9 Å². The van der Waals surface area contributed by atoms with E-state index in [1.807, 2.05) is 6.92 Å². The van der Waals surface area contributed by atoms with Gasteiger partial charge in [-0.25, -0.2) is 0 Å². The Bertz CT molecular complexity index is 220. The smallest absolute Gasteiger partial charge is 0.164 e. The zero-order chi connectivity index (χ0) is 10.1. The molecule has 0 aromatic carbocycles. The largest absolute Gasteiger partial charge is 0.340 e. The van der Waals surface area contributed by atoms with Crippen molar-refractivity contribution in [2.24, 2.45) is 0 Å². The van der Waals surface area contributed by atoms with E-state index in [4.69, 9.17) is 9.47 Å². The van der Waals surface area contributed by atoms with Crippen LogP contribution in [0.1, 0.15) is 27.2 Å². The lowest BCUT2D eigenvalue weighted by Crippen LogP contribution is -2.29. The van der Waals surface area contributed by atoms with Crippen molar-refractivity contribution in [3.05, 3.63) is 12.7 Å². The van der Waals surface area contributed by atoms with Gasteiger partial charge in [-0.1, -0.05) is 13.0 Å². The molecule has 0 saturated carbocycles. The molecule has 0 spiro atoms. The first-order chi connectivity index (χ1) is 6.00. The number of carbonyl (C=O) groups is 1. The monoisotopic (exact) mass is 184 g/mol. The fraction of sp³-hybridized carbons (Fsp3) is 0.700. The Balaban J connectivity index is 2.74. The predicted molar refractivity (Wildman–Crippen MR) is 49.3 cm³/mol. The standard InChI is InChI=1S/C10H16O3/c1-5-7(11)9-8(6-2)12-10(3,4)13-9/h6,8-9H,2,5H2,1,3-4H3/t8-,9?/m0/s1. The third-order valence-corrected chi connectivity index (χ3v) is 2.03. The molecule has 0 N–H and O–H groups in total. The second kappa shape index (κ2) is 3.60. The Morgan fingerprint density at radius 3 is 2.62 bits per heavy atom. The van der Waals surface area contributed by atoms with Crippen LogP contribution in [0.3, 0.4) is 0 Å². The van der Waals surface area contributed by atoms with Crippen LogP contribution in [0, 0.1) is 0 Å². The third-order valence-electron chi connectivity index (χ3n) is 2.03. The van der Waals surface area contributed by atoms with Crippen LogP contribution in [0.5, 0.6) is 0 Å². The van der Waals surface area contributed by atoms with E-state index in [1.54, 1.807) is 19.9 Å². The highest BCUT2D eigenvalue weighted by Gasteiger charge is 2.42. The van der Waals surface area contributed by atoms with E-state index >= 15 is 0 Å². The summed E-state index contributed by atoms with van der Waals surface area (Å²) in [6, 6.07) is 0. The molecular formula is C10H16O3. The normalized spacial score (nSPS) is 31.6. The highest BCUT2D eigenvalue weighted by atomic mass is 16.8. The van der Waals surface area contributed by atoms with Gasteiger partial charge in [0.05, 0.1) is 0 Å². The second-order valence-corrected chi connectivity index (χ2v) is 3.58. The van der Waals surface area contributed by atoms with Crippen molar-refractivity contribution in [2.75, 3.05) is 0 Å². The molecule has 1 fully saturated rings. The van der Waals surface area contributed by atoms with Crippen LogP contribution in [-0.4, -0.2) is 23.8 Å². The van der Waals surface area contributed by atoms with E-state index in [0.29, 0.717) is 6.42 Å². The van der Waals surface area contributed by atoms with Crippen molar-refractivity contribution >= 4 is 5.78 Å². The van der Waals surface area contributed by atoms with Crippen LogP contribution >= 0.6 is 0 Å². The van der Waals surface area contributed by atoms with Crippen LogP contribution in [0.2, 0.25) is 0 Å². The molecule has 13 heavy (non-hydrogen) atoms. The first-order valence-electron chi connectivity index (χ1n) is 4.51. The Morgan fingerprint density at radius 2 is 2.15 bits per heavy atom. The summed E-state index contributed by atoms with van der Waals surface area (Å²) in [7, 11) is 0. The minimum atomic E-state index is -0.672. The van der Waals surface area contributed by atoms with Crippen molar-refractivity contribution in [1.82, 2.24) is 0 Å². The summed E-state index contributed by atoms with van der Waals surface area (Å²) in [6.45, 7) is 9.03. The lowest BCUT2D eigenvalue weighted by Gasteiger charge is -2.15. The van der Waals surface area contributed by atoms with Gasteiger partial charge in [0.1, 0.15) is 12.2 Å². The topological polar surface area (TPSA) is 35.5 Å². The molecule has 3 nitrogen and oxygen atoms in total. The molecule has 1 heterocycles. The van der Waals surface area contributed by atoms with Crippen molar-refractivity contribution in [2.45, 2.75) is 45.2 Å². The average Bonchev–Trinajstić information content (AvgIpc) is 2.39. The molecule has 0 amide bonds. The van der Waals surface area contributed by atoms with Gasteiger partial charge in [0.2, 0.25) is 0 Å². The maximum Gasteiger partial charge on any atom is 0.164 e. The van der Waals surface area contributed by atoms with Gasteiger partial charge in [-0.3, -0.25) is 4.79 Å². The molecule has 1 aliphatic heterocycles. The summed E-state index contributed by atoms with van der Waals surface area (Å²) in [4.78, 5) is 11.4. The Morgan fingerprint density at radius 1 is 1.54 bits per heavy atom. The van der Waals surface area contributed by atoms with Gasteiger partial charge in [0.15, 0.2) is 11.6 Å². The molecule has 0 aromatic heterocycles. The average molecular weight is 184 g/mol. The number of rotatable bonds is 3. The zero-order valence-corrected chi connectivity index (χ0v) is 8.37. The SMILES string of the molecule is C=C[C@@H]1OC(C)(C)OC1C(=O)CC. The van der Waals surface area contributed by atoms with Crippen molar-refractivity contribution in [3.8, 4) is 0 Å². The first-order valence-corrected chi connectivity index (χ1v) is 4.51. The molecule has 1 unspecified atom stereocenters. The molecule has 1 saturated heterocycles. The van der Waals surface area contributed by atoms with Crippen LogP contribution in [0.25, 0.3) is 0 Å². The Hall–Kier alpha value is -0.670. The highest BCUT2D eigenvalue weighted by Crippen LogP contribution is 2.29. The molecule has 1 rings (SSSR count). The summed E-state index contributed by atoms with van der Waals surface area (Å²) in [5.41, 5.74) is 0. The summed E-state index contributed by atoms with van der Waals surface area (Å²) in [6.07, 6.45) is 1.31. The van der Waals surface area contributed by atoms with Gasteiger partial charge in [-0.05, 0) is 13.8 Å². The first kappa shape index (κ1) is 10.4. The van der Waals surface area contributed by atoms with E-state index < -0.39 is 11.9 Å². The number of carbonyl (C=O) groups excluding carboxylic acids is 1. The van der Waals surface area contributed by atoms with Crippen LogP contribution in [0.4, 0.5) is 0 Å². The van der Waals surface area contributed by atoms with Gasteiger partial charge in [-0.15, -0.1) is 6.58 Å². The second-order valence-electron chi connectivity index (χ2n) is 3.58. The van der Waals surface area contributed by atoms with E-state index in [2.05, 4.69) is 6.58 Å². The maximum absolute atomic E-state index is 11.4. The number of ether oxygens (including phenoxy) is 2. The van der Waals surface area contributed by atoms with E-state index in [0.717, 1.165) is 0 Å². The number of hydrogen-bond donors (Lipinski definition) is 0. The maximum atomic E-state index is 11.4. The molecular weight excluding hydrogens is 168 g/mol. The molecule has 0 radical (unpaired) electrons. The number of Topliss-reactive ketones (excluding diaryl/α,β-unsaturated/α-hetero) is 1. The molecule has 3 heteroatoms. The van der Waals surface area contributed by atoms with E-state index in [9.17, 15) is 4.79 Å². The van der Waals surface area contributed by atoms with Crippen molar-refractivity contribution in [1.29, 1.82) is 0 Å². The van der Waals surface area contributed by atoms with Crippen LogP contribution < -0.4 is 0 Å². The molecule has 0 bridgehead atoms. The summed E-state index contributed by atoms with van der Waals surface area (Å²) >= 11 is 0. The van der Waals surface area contributed by atoms with Crippen molar-refractivity contribution < 1.29 is 14.3 Å². The van der Waals surface area contributed by atoms with Gasteiger partial charge in [-0.2, -0.15) is 0 Å². The molecule has 0 aliphatic carbocycles. The number of hydrogen-bond acceptors (Lipinski definition) is 3. The Labute approximate surface area is 78.7 Å². The van der Waals surface area contributed by atoms with Gasteiger partial charge in [0.25, 0.3) is 0 Å². The fourth-order valence-corrected chi connectivity index (χ4v) is 1.41. The highest BCUT2D eigenvalue weighted by molar-refractivity contribution is 5.84. The fourth-order valence-electron chi connectivity index (χ4n) is 1.41. The summed E-state index contributed by atoms with van der Waals surface area (Å²) in [5, 5.41) is 0. The van der Waals surface area contributed by atoms with Gasteiger partial charge >= 0.3 is 0 Å². The number of ketones is 1.